The number of carboxylic acids is 3. The Morgan fingerprint density at radius 3 is 1.84 bits per heavy atom. The number of nitrogens with two attached hydrogens (primary N) is 3. The Bertz CT molecular complexity index is 431. The molecule has 11 nitrogen and oxygen atoms in total. The minimum absolute atomic E-state index is 0.0231. The molecule has 146 valence electrons. The van der Waals surface area contributed by atoms with E-state index in [0.717, 1.165) is 12.8 Å². The topological polar surface area (TPSA) is 219 Å². The molecule has 1 amide bonds. The van der Waals surface area contributed by atoms with Crippen molar-refractivity contribution < 1.29 is 34.5 Å². The summed E-state index contributed by atoms with van der Waals surface area (Å²) in [7, 11) is 0. The summed E-state index contributed by atoms with van der Waals surface area (Å²) in [5.41, 5.74) is 15.9. The lowest BCUT2D eigenvalue weighted by Gasteiger charge is -2.10. The standard InChI is InChI=1S/C9H19N3O3.C5H9NO4/c10-5-2-1-3-7(11)9(15)12-6-4-8(13)14;6-3(5(9)10)1-2-4(7)8/h7H,1-6,10-11H2,(H,12,15)(H,13,14);3H,1-2,6H2,(H,7,8)(H,9,10)/t7-;/m0./s1. The van der Waals surface area contributed by atoms with Crippen molar-refractivity contribution >= 4 is 23.8 Å². The van der Waals surface area contributed by atoms with Gasteiger partial charge in [0.1, 0.15) is 6.04 Å². The molecule has 0 spiro atoms. The van der Waals surface area contributed by atoms with Crippen molar-refractivity contribution in [2.75, 3.05) is 13.1 Å². The van der Waals surface area contributed by atoms with Crippen LogP contribution < -0.4 is 22.5 Å². The largest absolute Gasteiger partial charge is 0.481 e. The van der Waals surface area contributed by atoms with Crippen molar-refractivity contribution in [3.8, 4) is 0 Å². The Kier molecular flexibility index (Phi) is 15.3. The quantitative estimate of drug-likeness (QED) is 0.194. The van der Waals surface area contributed by atoms with Crippen LogP contribution >= 0.6 is 0 Å². The Morgan fingerprint density at radius 1 is 0.840 bits per heavy atom. The lowest BCUT2D eigenvalue weighted by Crippen LogP contribution is -2.41. The minimum Gasteiger partial charge on any atom is -0.481 e. The van der Waals surface area contributed by atoms with Crippen LogP contribution in [0, 0.1) is 0 Å². The molecule has 0 heterocycles. The zero-order chi connectivity index (χ0) is 19.8. The fraction of sp³-hybridized carbons (Fsp3) is 0.714. The molecule has 0 aromatic heterocycles. The van der Waals surface area contributed by atoms with E-state index in [1.165, 1.54) is 0 Å². The van der Waals surface area contributed by atoms with Gasteiger partial charge < -0.3 is 37.8 Å². The average Bonchev–Trinajstić information content (AvgIpc) is 2.52. The first-order valence-corrected chi connectivity index (χ1v) is 7.77. The van der Waals surface area contributed by atoms with Gasteiger partial charge in [-0.1, -0.05) is 6.42 Å². The third-order valence-electron chi connectivity index (χ3n) is 2.93. The number of amides is 1. The molecule has 0 rings (SSSR count). The number of rotatable bonds is 12. The fourth-order valence-electron chi connectivity index (χ4n) is 1.47. The van der Waals surface area contributed by atoms with E-state index in [0.29, 0.717) is 13.0 Å². The molecule has 10 N–H and O–H groups in total. The summed E-state index contributed by atoms with van der Waals surface area (Å²) in [6.45, 7) is 0.714. The van der Waals surface area contributed by atoms with Crippen molar-refractivity contribution in [3.05, 3.63) is 0 Å². The van der Waals surface area contributed by atoms with Crippen LogP contribution in [0.25, 0.3) is 0 Å². The summed E-state index contributed by atoms with van der Waals surface area (Å²) < 4.78 is 0. The van der Waals surface area contributed by atoms with E-state index in [1.54, 1.807) is 0 Å². The predicted octanol–water partition coefficient (Wildman–Crippen LogP) is -1.70. The summed E-state index contributed by atoms with van der Waals surface area (Å²) in [5.74, 6) is -3.43. The molecule has 25 heavy (non-hydrogen) atoms. The molecule has 0 saturated carbocycles. The van der Waals surface area contributed by atoms with Crippen LogP contribution in [0.1, 0.15) is 38.5 Å². The van der Waals surface area contributed by atoms with Crippen molar-refractivity contribution in [3.63, 3.8) is 0 Å². The maximum Gasteiger partial charge on any atom is 0.320 e. The van der Waals surface area contributed by atoms with E-state index in [1.807, 2.05) is 0 Å². The van der Waals surface area contributed by atoms with Crippen LogP contribution in [0.15, 0.2) is 0 Å². The zero-order valence-corrected chi connectivity index (χ0v) is 14.0. The van der Waals surface area contributed by atoms with Crippen molar-refractivity contribution in [2.24, 2.45) is 17.2 Å². The van der Waals surface area contributed by atoms with Crippen LogP contribution in [0.2, 0.25) is 0 Å². The predicted molar refractivity (Wildman–Crippen MR) is 88.6 cm³/mol. The van der Waals surface area contributed by atoms with Crippen molar-refractivity contribution in [2.45, 2.75) is 50.6 Å². The molecule has 0 aromatic carbocycles. The fourth-order valence-corrected chi connectivity index (χ4v) is 1.47. The molecule has 0 aromatic rings. The minimum atomic E-state index is -1.17. The van der Waals surface area contributed by atoms with Crippen LogP contribution in [0.3, 0.4) is 0 Å². The van der Waals surface area contributed by atoms with Gasteiger partial charge in [0.05, 0.1) is 12.5 Å². The number of carbonyl (C=O) groups excluding carboxylic acids is 1. The van der Waals surface area contributed by atoms with Gasteiger partial charge in [0.15, 0.2) is 0 Å². The Hall–Kier alpha value is -2.24. The van der Waals surface area contributed by atoms with Crippen molar-refractivity contribution in [1.29, 1.82) is 0 Å². The molecule has 0 bridgehead atoms. The highest BCUT2D eigenvalue weighted by Crippen LogP contribution is 1.97. The number of carbonyl (C=O) groups is 4. The van der Waals surface area contributed by atoms with Crippen LogP contribution in [0.4, 0.5) is 0 Å². The number of aliphatic carboxylic acids is 3. The molecule has 11 heteroatoms. The van der Waals surface area contributed by atoms with E-state index in [4.69, 9.17) is 32.5 Å². The van der Waals surface area contributed by atoms with Crippen LogP contribution in [0.5, 0.6) is 0 Å². The molecule has 0 aliphatic rings. The van der Waals surface area contributed by atoms with Gasteiger partial charge in [0.2, 0.25) is 5.91 Å². The van der Waals surface area contributed by atoms with E-state index in [9.17, 15) is 19.2 Å². The van der Waals surface area contributed by atoms with Crippen molar-refractivity contribution in [1.82, 2.24) is 5.32 Å². The number of unbranched alkanes of at least 4 members (excludes halogenated alkanes) is 1. The Balaban J connectivity index is 0. The summed E-state index contributed by atoms with van der Waals surface area (Å²) in [4.78, 5) is 41.3. The number of nitrogens with one attached hydrogen (secondary N) is 1. The van der Waals surface area contributed by atoms with E-state index in [-0.39, 0.29) is 31.7 Å². The monoisotopic (exact) mass is 364 g/mol. The highest BCUT2D eigenvalue weighted by atomic mass is 16.4. The second kappa shape index (κ2) is 15.3. The maximum absolute atomic E-state index is 11.3. The van der Waals surface area contributed by atoms with Gasteiger partial charge in [-0.25, -0.2) is 0 Å². The van der Waals surface area contributed by atoms with Gasteiger partial charge in [0, 0.05) is 13.0 Å². The molecular weight excluding hydrogens is 336 g/mol. The smallest absolute Gasteiger partial charge is 0.320 e. The number of carboxylic acid groups (broad SMARTS) is 3. The number of hydrogen-bond donors (Lipinski definition) is 7. The third-order valence-corrected chi connectivity index (χ3v) is 2.93. The molecule has 0 aliphatic heterocycles. The molecule has 1 unspecified atom stereocenters. The molecule has 0 aliphatic carbocycles. The summed E-state index contributed by atoms with van der Waals surface area (Å²) in [6, 6.07) is -1.62. The van der Waals surface area contributed by atoms with E-state index < -0.39 is 30.0 Å². The normalized spacial score (nSPS) is 12.3. The summed E-state index contributed by atoms with van der Waals surface area (Å²) in [6.07, 6.45) is 1.93. The maximum atomic E-state index is 11.3. The van der Waals surface area contributed by atoms with Gasteiger partial charge in [-0.15, -0.1) is 0 Å². The molecule has 2 atom stereocenters. The summed E-state index contributed by atoms with van der Waals surface area (Å²) in [5, 5.41) is 27.1. The van der Waals surface area contributed by atoms with Gasteiger partial charge in [-0.3, -0.25) is 19.2 Å². The van der Waals surface area contributed by atoms with Gasteiger partial charge in [0.25, 0.3) is 0 Å². The molecule has 0 saturated heterocycles. The first-order valence-electron chi connectivity index (χ1n) is 7.77. The first-order chi connectivity index (χ1) is 11.6. The summed E-state index contributed by atoms with van der Waals surface area (Å²) >= 11 is 0. The second-order valence-corrected chi connectivity index (χ2v) is 5.20. The van der Waals surface area contributed by atoms with E-state index in [2.05, 4.69) is 5.32 Å². The second-order valence-electron chi connectivity index (χ2n) is 5.20. The third kappa shape index (κ3) is 17.9. The SMILES string of the molecule is NC(CCC(=O)O)C(=O)O.NCCCC[C@H](N)C(=O)NCCC(=O)O. The average molecular weight is 364 g/mol. The van der Waals surface area contributed by atoms with E-state index >= 15 is 0 Å². The lowest BCUT2D eigenvalue weighted by atomic mass is 10.1. The number of hydrogen-bond acceptors (Lipinski definition) is 7. The zero-order valence-electron chi connectivity index (χ0n) is 14.0. The molecule has 0 fully saturated rings. The van der Waals surface area contributed by atoms with Gasteiger partial charge in [-0.05, 0) is 25.8 Å². The Labute approximate surface area is 145 Å². The van der Waals surface area contributed by atoms with Gasteiger partial charge >= 0.3 is 17.9 Å². The highest BCUT2D eigenvalue weighted by Gasteiger charge is 2.13. The molecular formula is C14H28N4O7. The Morgan fingerprint density at radius 2 is 1.40 bits per heavy atom. The van der Waals surface area contributed by atoms with Crippen LogP contribution in [-0.4, -0.2) is 64.3 Å². The lowest BCUT2D eigenvalue weighted by molar-refractivity contribution is -0.140. The first kappa shape index (κ1) is 25.0. The highest BCUT2D eigenvalue weighted by molar-refractivity contribution is 5.81. The van der Waals surface area contributed by atoms with Crippen LogP contribution in [-0.2, 0) is 19.2 Å². The molecule has 0 radical (unpaired) electrons. The van der Waals surface area contributed by atoms with Gasteiger partial charge in [-0.2, -0.15) is 0 Å².